The molecule has 0 N–H and O–H groups in total. The summed E-state index contributed by atoms with van der Waals surface area (Å²) >= 11 is 0. The minimum atomic E-state index is -6.09. The second-order valence-corrected chi connectivity index (χ2v) is 16.5. The van der Waals surface area contributed by atoms with Gasteiger partial charge in [0.05, 0.1) is 18.6 Å². The molecule has 1 aliphatic rings. The number of hydrogen-bond donors (Lipinski definition) is 0. The van der Waals surface area contributed by atoms with Gasteiger partial charge in [0.1, 0.15) is 13.8 Å². The maximum absolute atomic E-state index is 10.7. The van der Waals surface area contributed by atoms with Gasteiger partial charge in [-0.05, 0) is 10.9 Å². The molecule has 4 nitrogen and oxygen atoms in total. The summed E-state index contributed by atoms with van der Waals surface area (Å²) in [6, 6.07) is 10.9. The number of ether oxygens (including phenoxy) is 1. The predicted octanol–water partition coefficient (Wildman–Crippen LogP) is 3.31. The van der Waals surface area contributed by atoms with Gasteiger partial charge in [-0.3, -0.25) is 0 Å². The zero-order chi connectivity index (χ0) is 19.3. The second kappa shape index (κ2) is 8.89. The van der Waals surface area contributed by atoms with Crippen LogP contribution in [-0.2, 0) is 25.7 Å². The highest BCUT2D eigenvalue weighted by molar-refractivity contribution is 7.98. The Morgan fingerprint density at radius 2 is 1.76 bits per heavy atom. The molecule has 0 aliphatic carbocycles. The van der Waals surface area contributed by atoms with Crippen molar-refractivity contribution in [2.75, 3.05) is 24.3 Å². The van der Waals surface area contributed by atoms with E-state index < -0.39 is 23.7 Å². The zero-order valence-corrected chi connectivity index (χ0v) is 17.0. The van der Waals surface area contributed by atoms with Crippen molar-refractivity contribution >= 4 is 29.1 Å². The van der Waals surface area contributed by atoms with Crippen molar-refractivity contribution in [3.05, 3.63) is 35.9 Å². The number of benzene rings is 1. The summed E-state index contributed by atoms with van der Waals surface area (Å²) in [4.78, 5) is 0. The van der Waals surface area contributed by atoms with Gasteiger partial charge in [-0.25, -0.2) is 8.42 Å². The topological polar surface area (TPSA) is 66.4 Å². The van der Waals surface area contributed by atoms with E-state index in [1.807, 2.05) is 0 Å². The van der Waals surface area contributed by atoms with Gasteiger partial charge in [-0.2, -0.15) is 13.2 Å². The first-order valence-corrected chi connectivity index (χ1v) is 14.4. The highest BCUT2D eigenvalue weighted by Crippen LogP contribution is 2.30. The van der Waals surface area contributed by atoms with Crippen LogP contribution >= 0.6 is 0 Å². The van der Waals surface area contributed by atoms with Gasteiger partial charge in [-0.15, -0.1) is 0 Å². The number of rotatable bonds is 3. The minimum Gasteiger partial charge on any atom is -0.741 e. The summed E-state index contributed by atoms with van der Waals surface area (Å²) in [5.74, 6) is 1.27. The van der Waals surface area contributed by atoms with Crippen LogP contribution in [0.1, 0.15) is 10.8 Å². The molecule has 1 fully saturated rings. The van der Waals surface area contributed by atoms with E-state index in [1.165, 1.54) is 16.7 Å². The highest BCUT2D eigenvalue weighted by atomic mass is 32.2. The molecule has 0 spiro atoms. The summed E-state index contributed by atoms with van der Waals surface area (Å²) in [5.41, 5.74) is -4.17. The molecule has 10 heteroatoms. The molecule has 0 amide bonds. The van der Waals surface area contributed by atoms with Crippen molar-refractivity contribution in [3.8, 4) is 0 Å². The van der Waals surface area contributed by atoms with Crippen molar-refractivity contribution in [2.24, 2.45) is 0 Å². The SMILES string of the molecule is C[Si](C)(C)C[S+]1CCOCC1c1ccccc1.O=S(=O)([O-])C(F)(F)F. The summed E-state index contributed by atoms with van der Waals surface area (Å²) in [6.45, 7) is 9.35. The van der Waals surface area contributed by atoms with E-state index >= 15 is 0 Å². The molecular formula is C15H23F3O4S2Si. The molecule has 2 unspecified atom stereocenters. The van der Waals surface area contributed by atoms with Gasteiger partial charge in [0.25, 0.3) is 0 Å². The normalized spacial score (nSPS) is 22.0. The van der Waals surface area contributed by atoms with Gasteiger partial charge in [0.2, 0.25) is 0 Å². The van der Waals surface area contributed by atoms with Crippen LogP contribution in [0.3, 0.4) is 0 Å². The van der Waals surface area contributed by atoms with Gasteiger partial charge >= 0.3 is 5.51 Å². The van der Waals surface area contributed by atoms with Gasteiger partial charge in [0.15, 0.2) is 15.4 Å². The third-order valence-electron chi connectivity index (χ3n) is 3.23. The van der Waals surface area contributed by atoms with Crippen LogP contribution in [0.2, 0.25) is 19.6 Å². The van der Waals surface area contributed by atoms with E-state index in [4.69, 9.17) is 17.7 Å². The average molecular weight is 417 g/mol. The van der Waals surface area contributed by atoms with Crippen molar-refractivity contribution in [1.29, 1.82) is 0 Å². The molecule has 0 saturated carbocycles. The lowest BCUT2D eigenvalue weighted by atomic mass is 10.1. The monoisotopic (exact) mass is 416 g/mol. The predicted molar refractivity (Wildman–Crippen MR) is 96.2 cm³/mol. The lowest BCUT2D eigenvalue weighted by molar-refractivity contribution is -0.0517. The minimum absolute atomic E-state index is 0.534. The van der Waals surface area contributed by atoms with Crippen LogP contribution < -0.4 is 0 Å². The van der Waals surface area contributed by atoms with Gasteiger partial charge in [0, 0.05) is 5.56 Å². The Morgan fingerprint density at radius 3 is 2.20 bits per heavy atom. The Balaban J connectivity index is 0.000000333. The van der Waals surface area contributed by atoms with Crippen LogP contribution in [-0.4, -0.2) is 50.9 Å². The summed E-state index contributed by atoms with van der Waals surface area (Å²) < 4.78 is 64.6. The van der Waals surface area contributed by atoms with E-state index in [2.05, 4.69) is 50.0 Å². The van der Waals surface area contributed by atoms with Crippen LogP contribution in [0, 0.1) is 0 Å². The molecule has 2 rings (SSSR count). The molecular weight excluding hydrogens is 393 g/mol. The van der Waals surface area contributed by atoms with Gasteiger partial charge in [-0.1, -0.05) is 50.0 Å². The van der Waals surface area contributed by atoms with Gasteiger partial charge < -0.3 is 9.29 Å². The lowest BCUT2D eigenvalue weighted by Gasteiger charge is -2.27. The number of halogens is 3. The molecule has 0 bridgehead atoms. The second-order valence-electron chi connectivity index (χ2n) is 6.82. The summed E-state index contributed by atoms with van der Waals surface area (Å²) in [7, 11) is -6.52. The first kappa shape index (κ1) is 22.5. The fraction of sp³-hybridized carbons (Fsp3) is 0.600. The third-order valence-corrected chi connectivity index (χ3v) is 10.7. The van der Waals surface area contributed by atoms with Crippen molar-refractivity contribution in [1.82, 2.24) is 0 Å². The van der Waals surface area contributed by atoms with E-state index in [9.17, 15) is 13.2 Å². The molecule has 1 aromatic carbocycles. The zero-order valence-electron chi connectivity index (χ0n) is 14.4. The average Bonchev–Trinajstić information content (AvgIpc) is 2.45. The molecule has 1 heterocycles. The Labute approximate surface area is 150 Å². The lowest BCUT2D eigenvalue weighted by Crippen LogP contribution is -2.41. The van der Waals surface area contributed by atoms with Crippen LogP contribution in [0.15, 0.2) is 30.3 Å². The molecule has 1 aromatic rings. The standard InChI is InChI=1S/C14H23OSSi.CHF3O3S/c1-17(2,3)12-16-10-9-15-11-14(16)13-7-5-4-6-8-13;2-1(3,4)8(5,6)7/h4-8,14H,9-12H2,1-3H3;(H,5,6,7)/q+1;/p-1. The van der Waals surface area contributed by atoms with E-state index in [-0.39, 0.29) is 0 Å². The first-order chi connectivity index (χ1) is 11.3. The maximum atomic E-state index is 10.7. The number of alkyl halides is 3. The van der Waals surface area contributed by atoms with Crippen LogP contribution in [0.4, 0.5) is 13.2 Å². The molecule has 1 aliphatic heterocycles. The Hall–Kier alpha value is -0.553. The van der Waals surface area contributed by atoms with E-state index in [0.29, 0.717) is 16.1 Å². The Bertz CT molecular complexity index is 630. The van der Waals surface area contributed by atoms with Crippen LogP contribution in [0.25, 0.3) is 0 Å². The number of hydrogen-bond acceptors (Lipinski definition) is 4. The fourth-order valence-corrected chi connectivity index (χ4v) is 9.56. The molecule has 144 valence electrons. The largest absolute Gasteiger partial charge is 0.741 e. The molecule has 0 aromatic heterocycles. The fourth-order valence-electron chi connectivity index (χ4n) is 2.28. The molecule has 2 atom stereocenters. The van der Waals surface area contributed by atoms with E-state index in [0.717, 1.165) is 13.2 Å². The highest BCUT2D eigenvalue weighted by Gasteiger charge is 2.39. The Kier molecular flexibility index (Phi) is 8.00. The van der Waals surface area contributed by atoms with E-state index in [1.54, 1.807) is 0 Å². The third kappa shape index (κ3) is 8.12. The quantitative estimate of drug-likeness (QED) is 0.328. The molecule has 25 heavy (non-hydrogen) atoms. The Morgan fingerprint density at radius 1 is 1.24 bits per heavy atom. The van der Waals surface area contributed by atoms with Crippen molar-refractivity contribution < 1.29 is 30.9 Å². The summed E-state index contributed by atoms with van der Waals surface area (Å²) in [6.07, 6.45) is 0. The van der Waals surface area contributed by atoms with Crippen molar-refractivity contribution in [2.45, 2.75) is 30.4 Å². The smallest absolute Gasteiger partial charge is 0.485 e. The molecule has 1 saturated heterocycles. The first-order valence-electron chi connectivity index (χ1n) is 7.62. The van der Waals surface area contributed by atoms with Crippen molar-refractivity contribution in [3.63, 3.8) is 0 Å². The van der Waals surface area contributed by atoms with Crippen LogP contribution in [0.5, 0.6) is 0 Å². The molecule has 0 radical (unpaired) electrons. The summed E-state index contributed by atoms with van der Waals surface area (Å²) in [5, 5.41) is 2.10. The maximum Gasteiger partial charge on any atom is 0.485 e.